The first-order valence-corrected chi connectivity index (χ1v) is 5.98. The molecule has 2 heterocycles. The maximum atomic E-state index is 11.1. The van der Waals surface area contributed by atoms with Gasteiger partial charge in [0.2, 0.25) is 11.9 Å². The fourth-order valence-corrected chi connectivity index (χ4v) is 2.02. The Morgan fingerprint density at radius 3 is 3.00 bits per heavy atom. The number of anilines is 2. The number of aromatic nitrogens is 4. The van der Waals surface area contributed by atoms with Crippen molar-refractivity contribution in [3.63, 3.8) is 0 Å². The molecule has 3 aromatic rings. The van der Waals surface area contributed by atoms with Crippen LogP contribution in [0.2, 0.25) is 0 Å². The number of nitrogens with one attached hydrogen (secondary N) is 2. The second-order valence-corrected chi connectivity index (χ2v) is 4.32. The molecule has 1 aromatic carbocycles. The van der Waals surface area contributed by atoms with Crippen LogP contribution in [0.4, 0.5) is 11.6 Å². The van der Waals surface area contributed by atoms with Gasteiger partial charge in [-0.2, -0.15) is 10.1 Å². The van der Waals surface area contributed by atoms with Crippen LogP contribution in [-0.2, 0) is 4.79 Å². The van der Waals surface area contributed by atoms with E-state index in [0.29, 0.717) is 17.0 Å². The number of carbonyl (C=O) groups excluding carboxylic acids is 1. The molecule has 0 saturated carbocycles. The first-order chi connectivity index (χ1) is 9.63. The summed E-state index contributed by atoms with van der Waals surface area (Å²) in [6.45, 7) is 1.46. The van der Waals surface area contributed by atoms with Gasteiger partial charge in [0.15, 0.2) is 5.65 Å². The summed E-state index contributed by atoms with van der Waals surface area (Å²) in [6, 6.07) is 7.36. The molecule has 0 aliphatic heterocycles. The van der Waals surface area contributed by atoms with Crippen LogP contribution >= 0.6 is 0 Å². The molecule has 0 fully saturated rings. The van der Waals surface area contributed by atoms with Gasteiger partial charge in [-0.1, -0.05) is 12.1 Å². The van der Waals surface area contributed by atoms with Crippen molar-refractivity contribution in [2.24, 2.45) is 0 Å². The SMILES string of the molecule is CC(=O)Nc1cccc(-c2nc(N)nc3[nH]ncc23)c1. The number of H-pyrrole nitrogens is 1. The molecule has 3 rings (SSSR count). The van der Waals surface area contributed by atoms with Crippen molar-refractivity contribution in [1.29, 1.82) is 0 Å². The maximum Gasteiger partial charge on any atom is 0.222 e. The van der Waals surface area contributed by atoms with Crippen molar-refractivity contribution in [3.8, 4) is 11.3 Å². The molecule has 0 aliphatic carbocycles. The lowest BCUT2D eigenvalue weighted by Crippen LogP contribution is -2.05. The first kappa shape index (κ1) is 12.1. The molecule has 0 atom stereocenters. The minimum Gasteiger partial charge on any atom is -0.368 e. The first-order valence-electron chi connectivity index (χ1n) is 5.98. The topological polar surface area (TPSA) is 110 Å². The van der Waals surface area contributed by atoms with Crippen LogP contribution in [0.25, 0.3) is 22.3 Å². The zero-order valence-corrected chi connectivity index (χ0v) is 10.7. The molecular formula is C13H12N6O. The summed E-state index contributed by atoms with van der Waals surface area (Å²) >= 11 is 0. The predicted molar refractivity (Wildman–Crippen MR) is 75.8 cm³/mol. The number of aromatic amines is 1. The molecule has 7 nitrogen and oxygen atoms in total. The third kappa shape index (κ3) is 2.16. The zero-order valence-electron chi connectivity index (χ0n) is 10.7. The summed E-state index contributed by atoms with van der Waals surface area (Å²) in [5.41, 5.74) is 8.48. The summed E-state index contributed by atoms with van der Waals surface area (Å²) in [5.74, 6) is 0.0412. The van der Waals surface area contributed by atoms with Gasteiger partial charge < -0.3 is 11.1 Å². The molecule has 0 spiro atoms. The highest BCUT2D eigenvalue weighted by Crippen LogP contribution is 2.27. The van der Waals surface area contributed by atoms with E-state index in [4.69, 9.17) is 5.73 Å². The van der Waals surface area contributed by atoms with Crippen LogP contribution in [0.15, 0.2) is 30.5 Å². The summed E-state index contributed by atoms with van der Waals surface area (Å²) in [6.07, 6.45) is 1.65. The van der Waals surface area contributed by atoms with Crippen LogP contribution in [0.5, 0.6) is 0 Å². The van der Waals surface area contributed by atoms with Crippen molar-refractivity contribution >= 4 is 28.6 Å². The fraction of sp³-hybridized carbons (Fsp3) is 0.0769. The largest absolute Gasteiger partial charge is 0.368 e. The Morgan fingerprint density at radius 2 is 2.20 bits per heavy atom. The van der Waals surface area contributed by atoms with E-state index in [0.717, 1.165) is 10.9 Å². The standard InChI is InChI=1S/C13H12N6O/c1-7(20)16-9-4-2-3-8(5-9)11-10-6-15-19-12(10)18-13(14)17-11/h2-6H,1H3,(H,16,20)(H3,14,15,17,18,19). The lowest BCUT2D eigenvalue weighted by atomic mass is 10.1. The van der Waals surface area contributed by atoms with Crippen LogP contribution in [0.3, 0.4) is 0 Å². The van der Waals surface area contributed by atoms with E-state index in [-0.39, 0.29) is 11.9 Å². The number of nitrogens with two attached hydrogens (primary N) is 1. The molecule has 4 N–H and O–H groups in total. The molecule has 7 heteroatoms. The summed E-state index contributed by atoms with van der Waals surface area (Å²) in [4.78, 5) is 19.4. The number of rotatable bonds is 2. The Morgan fingerprint density at radius 1 is 1.35 bits per heavy atom. The van der Waals surface area contributed by atoms with E-state index < -0.39 is 0 Å². The minimum absolute atomic E-state index is 0.127. The van der Waals surface area contributed by atoms with Gasteiger partial charge in [-0.25, -0.2) is 4.98 Å². The lowest BCUT2D eigenvalue weighted by molar-refractivity contribution is -0.114. The molecule has 0 radical (unpaired) electrons. The van der Waals surface area contributed by atoms with E-state index in [2.05, 4.69) is 25.5 Å². The van der Waals surface area contributed by atoms with E-state index in [9.17, 15) is 4.79 Å². The molecule has 0 unspecified atom stereocenters. The quantitative estimate of drug-likeness (QED) is 0.653. The van der Waals surface area contributed by atoms with E-state index >= 15 is 0 Å². The Labute approximate surface area is 114 Å². The number of hydrogen-bond acceptors (Lipinski definition) is 5. The van der Waals surface area contributed by atoms with E-state index in [1.807, 2.05) is 24.3 Å². The van der Waals surface area contributed by atoms with Crippen LogP contribution in [-0.4, -0.2) is 26.1 Å². The Hall–Kier alpha value is -2.96. The van der Waals surface area contributed by atoms with Gasteiger partial charge in [0.25, 0.3) is 0 Å². The molecule has 0 bridgehead atoms. The normalized spacial score (nSPS) is 10.7. The highest BCUT2D eigenvalue weighted by Gasteiger charge is 2.10. The van der Waals surface area contributed by atoms with Crippen LogP contribution in [0.1, 0.15) is 6.92 Å². The number of amides is 1. The Kier molecular flexibility index (Phi) is 2.79. The van der Waals surface area contributed by atoms with Crippen molar-refractivity contribution in [2.45, 2.75) is 6.92 Å². The number of hydrogen-bond donors (Lipinski definition) is 3. The second-order valence-electron chi connectivity index (χ2n) is 4.32. The third-order valence-electron chi connectivity index (χ3n) is 2.78. The van der Waals surface area contributed by atoms with Crippen molar-refractivity contribution in [1.82, 2.24) is 20.2 Å². The molecule has 2 aromatic heterocycles. The van der Waals surface area contributed by atoms with Crippen LogP contribution < -0.4 is 11.1 Å². The smallest absolute Gasteiger partial charge is 0.222 e. The van der Waals surface area contributed by atoms with Crippen molar-refractivity contribution in [2.75, 3.05) is 11.1 Å². The zero-order chi connectivity index (χ0) is 14.1. The summed E-state index contributed by atoms with van der Waals surface area (Å²) < 4.78 is 0. The molecule has 0 saturated heterocycles. The summed E-state index contributed by atoms with van der Waals surface area (Å²) in [7, 11) is 0. The van der Waals surface area contributed by atoms with Gasteiger partial charge in [0.1, 0.15) is 0 Å². The highest BCUT2D eigenvalue weighted by molar-refractivity contribution is 5.93. The number of nitrogens with zero attached hydrogens (tertiary/aromatic N) is 3. The molecule has 1 amide bonds. The maximum absolute atomic E-state index is 11.1. The fourth-order valence-electron chi connectivity index (χ4n) is 2.02. The third-order valence-corrected chi connectivity index (χ3v) is 2.78. The van der Waals surface area contributed by atoms with Gasteiger partial charge in [-0.05, 0) is 12.1 Å². The average molecular weight is 268 g/mol. The monoisotopic (exact) mass is 268 g/mol. The Bertz CT molecular complexity index is 794. The van der Waals surface area contributed by atoms with Gasteiger partial charge in [-0.15, -0.1) is 0 Å². The summed E-state index contributed by atoms with van der Waals surface area (Å²) in [5, 5.41) is 10.2. The van der Waals surface area contributed by atoms with Gasteiger partial charge in [0, 0.05) is 18.2 Å². The molecule has 0 aliphatic rings. The number of nitrogen functional groups attached to an aromatic ring is 1. The predicted octanol–water partition coefficient (Wildman–Crippen LogP) is 1.56. The number of carbonyl (C=O) groups is 1. The van der Waals surface area contributed by atoms with Gasteiger partial charge in [0.05, 0.1) is 17.3 Å². The Balaban J connectivity index is 2.15. The number of fused-ring (bicyclic) bond motifs is 1. The molecule has 100 valence electrons. The lowest BCUT2D eigenvalue weighted by Gasteiger charge is -2.06. The van der Waals surface area contributed by atoms with E-state index in [1.165, 1.54) is 6.92 Å². The highest BCUT2D eigenvalue weighted by atomic mass is 16.1. The van der Waals surface area contributed by atoms with E-state index in [1.54, 1.807) is 6.20 Å². The van der Waals surface area contributed by atoms with Crippen LogP contribution in [0, 0.1) is 0 Å². The van der Waals surface area contributed by atoms with Crippen molar-refractivity contribution in [3.05, 3.63) is 30.5 Å². The molecular weight excluding hydrogens is 256 g/mol. The second kappa shape index (κ2) is 4.61. The van der Waals surface area contributed by atoms with Gasteiger partial charge >= 0.3 is 0 Å². The number of benzene rings is 1. The average Bonchev–Trinajstić information content (AvgIpc) is 2.85. The van der Waals surface area contributed by atoms with Gasteiger partial charge in [-0.3, -0.25) is 9.89 Å². The molecule has 20 heavy (non-hydrogen) atoms. The van der Waals surface area contributed by atoms with Crippen molar-refractivity contribution < 1.29 is 4.79 Å². The minimum atomic E-state index is -0.127.